The van der Waals surface area contributed by atoms with Gasteiger partial charge in [0.15, 0.2) is 0 Å². The summed E-state index contributed by atoms with van der Waals surface area (Å²) in [5.41, 5.74) is 2.64. The molecule has 4 rings (SSSR count). The second-order valence-corrected chi connectivity index (χ2v) is 11.1. The Kier molecular flexibility index (Phi) is 9.92. The van der Waals surface area contributed by atoms with Gasteiger partial charge in [-0.15, -0.1) is 0 Å². The third-order valence-electron chi connectivity index (χ3n) is 7.67. The molecule has 1 unspecified atom stereocenters. The van der Waals surface area contributed by atoms with E-state index in [-0.39, 0.29) is 30.4 Å². The van der Waals surface area contributed by atoms with Gasteiger partial charge < -0.3 is 14.4 Å². The van der Waals surface area contributed by atoms with Crippen LogP contribution in [0.25, 0.3) is 0 Å². The van der Waals surface area contributed by atoms with Crippen LogP contribution in [-0.2, 0) is 17.9 Å². The Morgan fingerprint density at radius 2 is 1.68 bits per heavy atom. The smallest absolute Gasteiger partial charge is 0.254 e. The maximum absolute atomic E-state index is 14.0. The Labute approximate surface area is 236 Å². The first kappa shape index (κ1) is 28.3. The third-order valence-corrected chi connectivity index (χ3v) is 8.29. The van der Waals surface area contributed by atoms with E-state index >= 15 is 0 Å². The molecule has 1 aromatic heterocycles. The first-order valence-corrected chi connectivity index (χ1v) is 14.4. The number of hydrogen-bond acceptors (Lipinski definition) is 2. The number of hydrogen-bond donors (Lipinski definition) is 0. The first-order valence-electron chi connectivity index (χ1n) is 13.6. The molecular formula is C31H37Cl2N3O2. The molecular weight excluding hydrogens is 517 g/mol. The summed E-state index contributed by atoms with van der Waals surface area (Å²) in [7, 11) is 0. The molecule has 0 spiro atoms. The van der Waals surface area contributed by atoms with E-state index in [4.69, 9.17) is 23.2 Å². The monoisotopic (exact) mass is 553 g/mol. The van der Waals surface area contributed by atoms with Crippen molar-refractivity contribution in [2.75, 3.05) is 6.54 Å². The van der Waals surface area contributed by atoms with Crippen LogP contribution in [0.1, 0.15) is 74.0 Å². The van der Waals surface area contributed by atoms with Crippen LogP contribution in [0.15, 0.2) is 66.9 Å². The van der Waals surface area contributed by atoms with Gasteiger partial charge in [-0.05, 0) is 74.2 Å². The fourth-order valence-electron chi connectivity index (χ4n) is 5.19. The van der Waals surface area contributed by atoms with Crippen molar-refractivity contribution < 1.29 is 9.59 Å². The molecule has 1 saturated carbocycles. The van der Waals surface area contributed by atoms with Gasteiger partial charge in [-0.2, -0.15) is 0 Å². The quantitative estimate of drug-likeness (QED) is 0.261. The van der Waals surface area contributed by atoms with Crippen molar-refractivity contribution in [3.63, 3.8) is 0 Å². The molecule has 0 radical (unpaired) electrons. The van der Waals surface area contributed by atoms with Gasteiger partial charge in [-0.3, -0.25) is 9.59 Å². The van der Waals surface area contributed by atoms with Gasteiger partial charge in [-0.1, -0.05) is 67.6 Å². The average molecular weight is 555 g/mol. The van der Waals surface area contributed by atoms with Gasteiger partial charge >= 0.3 is 0 Å². The molecule has 5 nitrogen and oxygen atoms in total. The predicted molar refractivity (Wildman–Crippen MR) is 155 cm³/mol. The van der Waals surface area contributed by atoms with Crippen molar-refractivity contribution in [3.8, 4) is 0 Å². The fraction of sp³-hybridized carbons (Fsp3) is 0.419. The van der Waals surface area contributed by atoms with E-state index < -0.39 is 0 Å². The van der Waals surface area contributed by atoms with Crippen LogP contribution in [0.4, 0.5) is 0 Å². The highest BCUT2D eigenvalue weighted by Crippen LogP contribution is 2.26. The van der Waals surface area contributed by atoms with Crippen molar-refractivity contribution in [1.29, 1.82) is 0 Å². The summed E-state index contributed by atoms with van der Waals surface area (Å²) in [5.74, 6) is -0.153. The maximum atomic E-state index is 14.0. The summed E-state index contributed by atoms with van der Waals surface area (Å²) in [6.45, 7) is 5.24. The minimum absolute atomic E-state index is 0.00925. The van der Waals surface area contributed by atoms with Crippen molar-refractivity contribution in [2.45, 2.75) is 77.5 Å². The molecule has 38 heavy (non-hydrogen) atoms. The van der Waals surface area contributed by atoms with E-state index in [2.05, 4.69) is 10.6 Å². The van der Waals surface area contributed by atoms with Crippen LogP contribution in [0.5, 0.6) is 0 Å². The zero-order valence-corrected chi connectivity index (χ0v) is 23.8. The molecule has 0 aliphatic heterocycles. The van der Waals surface area contributed by atoms with E-state index in [1.165, 1.54) is 6.42 Å². The number of carbonyl (C=O) groups excluding carboxylic acids is 2. The molecule has 0 bridgehead atoms. The van der Waals surface area contributed by atoms with Gasteiger partial charge in [0.05, 0.1) is 6.54 Å². The van der Waals surface area contributed by atoms with Crippen molar-refractivity contribution in [3.05, 3.63) is 93.7 Å². The normalized spacial score (nSPS) is 14.7. The second kappa shape index (κ2) is 13.3. The van der Waals surface area contributed by atoms with Crippen LogP contribution in [0.3, 0.4) is 0 Å². The highest BCUT2D eigenvalue weighted by atomic mass is 35.5. The first-order chi connectivity index (χ1) is 18.4. The summed E-state index contributed by atoms with van der Waals surface area (Å²) in [5, 5.41) is 1.31. The van der Waals surface area contributed by atoms with Crippen molar-refractivity contribution in [1.82, 2.24) is 14.4 Å². The zero-order valence-electron chi connectivity index (χ0n) is 22.3. The minimum Gasteiger partial charge on any atom is -0.345 e. The number of aromatic nitrogens is 1. The molecule has 0 N–H and O–H groups in total. The number of amides is 2. The fourth-order valence-corrected chi connectivity index (χ4v) is 5.51. The molecule has 1 heterocycles. The van der Waals surface area contributed by atoms with Gasteiger partial charge in [0.25, 0.3) is 5.91 Å². The molecule has 0 saturated heterocycles. The Balaban J connectivity index is 1.57. The molecule has 2 aromatic carbocycles. The average Bonchev–Trinajstić information content (AvgIpc) is 3.38. The highest BCUT2D eigenvalue weighted by molar-refractivity contribution is 6.31. The summed E-state index contributed by atoms with van der Waals surface area (Å²) in [6.07, 6.45) is 8.22. The van der Waals surface area contributed by atoms with E-state index in [0.29, 0.717) is 23.7 Å². The van der Waals surface area contributed by atoms with Gasteiger partial charge in [0, 0.05) is 46.1 Å². The lowest BCUT2D eigenvalue weighted by molar-refractivity contribution is -0.136. The number of rotatable bonds is 10. The van der Waals surface area contributed by atoms with Gasteiger partial charge in [0.1, 0.15) is 6.54 Å². The molecule has 3 aromatic rings. The van der Waals surface area contributed by atoms with Crippen LogP contribution in [0, 0.1) is 0 Å². The van der Waals surface area contributed by atoms with Crippen LogP contribution >= 0.6 is 23.2 Å². The van der Waals surface area contributed by atoms with Crippen LogP contribution in [-0.4, -0.2) is 44.8 Å². The van der Waals surface area contributed by atoms with Crippen molar-refractivity contribution >= 4 is 35.0 Å². The van der Waals surface area contributed by atoms with E-state index in [0.717, 1.165) is 48.4 Å². The Bertz CT molecular complexity index is 1220. The van der Waals surface area contributed by atoms with E-state index in [1.54, 1.807) is 29.2 Å². The van der Waals surface area contributed by atoms with Gasteiger partial charge in [-0.25, -0.2) is 0 Å². The molecule has 1 atom stereocenters. The second-order valence-electron chi connectivity index (χ2n) is 10.2. The molecule has 202 valence electrons. The van der Waals surface area contributed by atoms with E-state index in [1.807, 2.05) is 55.3 Å². The Hall–Kier alpha value is -2.76. The molecule has 2 amide bonds. The number of benzene rings is 2. The zero-order chi connectivity index (χ0) is 27.1. The highest BCUT2D eigenvalue weighted by Gasteiger charge is 2.30. The number of halogens is 2. The molecule has 1 fully saturated rings. The summed E-state index contributed by atoms with van der Waals surface area (Å²) < 4.78 is 2.16. The topological polar surface area (TPSA) is 45.6 Å². The van der Waals surface area contributed by atoms with Crippen molar-refractivity contribution in [2.24, 2.45) is 0 Å². The maximum Gasteiger partial charge on any atom is 0.254 e. The third kappa shape index (κ3) is 7.00. The Morgan fingerprint density at radius 1 is 0.974 bits per heavy atom. The Morgan fingerprint density at radius 3 is 2.37 bits per heavy atom. The largest absolute Gasteiger partial charge is 0.345 e. The summed E-state index contributed by atoms with van der Waals surface area (Å²) in [6, 6.07) is 18.9. The molecule has 1 aliphatic carbocycles. The lowest BCUT2D eigenvalue weighted by Gasteiger charge is -2.37. The number of carbonyl (C=O) groups is 2. The van der Waals surface area contributed by atoms with E-state index in [9.17, 15) is 9.59 Å². The lowest BCUT2D eigenvalue weighted by Crippen LogP contribution is -2.49. The molecule has 1 aliphatic rings. The SMILES string of the molecule is CCC(C)N(CC(=O)N(Cc1cccn1Cc1ccccc1Cl)C1CCCCC1)C(=O)c1ccc(Cl)cc1. The van der Waals surface area contributed by atoms with Crippen LogP contribution in [0.2, 0.25) is 10.0 Å². The minimum atomic E-state index is -0.143. The lowest BCUT2D eigenvalue weighted by atomic mass is 9.94. The van der Waals surface area contributed by atoms with Gasteiger partial charge in [0.2, 0.25) is 5.91 Å². The summed E-state index contributed by atoms with van der Waals surface area (Å²) >= 11 is 12.5. The predicted octanol–water partition coefficient (Wildman–Crippen LogP) is 7.45. The number of nitrogens with zero attached hydrogens (tertiary/aromatic N) is 3. The molecule has 7 heteroatoms. The van der Waals surface area contributed by atoms with Crippen LogP contribution < -0.4 is 0 Å². The summed E-state index contributed by atoms with van der Waals surface area (Å²) in [4.78, 5) is 31.2. The standard InChI is InChI=1S/C31H37Cl2N3O2/c1-3-23(2)35(31(38)24-15-17-26(32)18-16-24)22-30(37)36(27-11-5-4-6-12-27)21-28-13-9-19-34(28)20-25-10-7-8-14-29(25)33/h7-10,13-19,23,27H,3-6,11-12,20-22H2,1-2H3.